The maximum absolute atomic E-state index is 5.26. The molecule has 0 unspecified atom stereocenters. The second-order valence-corrected chi connectivity index (χ2v) is 6.42. The summed E-state index contributed by atoms with van der Waals surface area (Å²) >= 11 is 3.56. The van der Waals surface area contributed by atoms with Gasteiger partial charge < -0.3 is 9.73 Å². The third kappa shape index (κ3) is 3.37. The van der Waals surface area contributed by atoms with Crippen LogP contribution in [0.4, 0.5) is 0 Å². The standard InChI is InChI=1S/C14H14N2OS2/c1-2-6-13-12(5-1)16-14(19-13)18-9-7-15-10-11-4-3-8-17-11/h1-6,8,15H,7,9-10H2. The Morgan fingerprint density at radius 1 is 1.21 bits per heavy atom. The first-order valence-corrected chi connectivity index (χ1v) is 7.93. The molecule has 0 atom stereocenters. The van der Waals surface area contributed by atoms with Gasteiger partial charge in [-0.25, -0.2) is 4.98 Å². The summed E-state index contributed by atoms with van der Waals surface area (Å²) in [6.07, 6.45) is 1.70. The minimum atomic E-state index is 0.785. The second-order valence-electron chi connectivity index (χ2n) is 4.05. The number of hydrogen-bond acceptors (Lipinski definition) is 5. The number of thioether (sulfide) groups is 1. The van der Waals surface area contributed by atoms with Gasteiger partial charge in [0.2, 0.25) is 0 Å². The highest BCUT2D eigenvalue weighted by atomic mass is 32.2. The van der Waals surface area contributed by atoms with Crippen molar-refractivity contribution in [3.05, 3.63) is 48.4 Å². The van der Waals surface area contributed by atoms with Crippen LogP contribution in [0.5, 0.6) is 0 Å². The van der Waals surface area contributed by atoms with Gasteiger partial charge in [-0.1, -0.05) is 23.9 Å². The lowest BCUT2D eigenvalue weighted by molar-refractivity contribution is 0.488. The molecule has 3 rings (SSSR count). The Morgan fingerprint density at radius 3 is 3.00 bits per heavy atom. The lowest BCUT2D eigenvalue weighted by atomic mass is 10.3. The smallest absolute Gasteiger partial charge is 0.151 e. The summed E-state index contributed by atoms with van der Waals surface area (Å²) in [4.78, 5) is 4.60. The molecule has 1 N–H and O–H groups in total. The summed E-state index contributed by atoms with van der Waals surface area (Å²) in [7, 11) is 0. The summed E-state index contributed by atoms with van der Waals surface area (Å²) in [6.45, 7) is 1.73. The van der Waals surface area contributed by atoms with Crippen molar-refractivity contribution in [2.24, 2.45) is 0 Å². The number of rotatable bonds is 6. The normalized spacial score (nSPS) is 11.2. The fourth-order valence-corrected chi connectivity index (χ4v) is 3.78. The van der Waals surface area contributed by atoms with Crippen molar-refractivity contribution >= 4 is 33.3 Å². The SMILES string of the molecule is c1coc(CNCCSc2nc3ccccc3s2)c1. The molecule has 0 amide bonds. The van der Waals surface area contributed by atoms with Crippen LogP contribution in [0.2, 0.25) is 0 Å². The van der Waals surface area contributed by atoms with Crippen molar-refractivity contribution in [1.29, 1.82) is 0 Å². The molecule has 0 fully saturated rings. The summed E-state index contributed by atoms with van der Waals surface area (Å²) < 4.78 is 7.66. The van der Waals surface area contributed by atoms with E-state index in [1.807, 2.05) is 18.2 Å². The maximum atomic E-state index is 5.26. The zero-order chi connectivity index (χ0) is 12.9. The molecule has 0 bridgehead atoms. The molecule has 2 aromatic heterocycles. The molecule has 19 heavy (non-hydrogen) atoms. The Kier molecular flexibility index (Phi) is 4.17. The fraction of sp³-hybridized carbons (Fsp3) is 0.214. The van der Waals surface area contributed by atoms with Gasteiger partial charge in [-0.3, -0.25) is 0 Å². The highest BCUT2D eigenvalue weighted by Crippen LogP contribution is 2.28. The predicted octanol–water partition coefficient (Wildman–Crippen LogP) is 3.77. The molecule has 0 saturated heterocycles. The first kappa shape index (κ1) is 12.7. The Labute approximate surface area is 120 Å². The van der Waals surface area contributed by atoms with Crippen LogP contribution in [0.1, 0.15) is 5.76 Å². The number of aromatic nitrogens is 1. The van der Waals surface area contributed by atoms with Gasteiger partial charge >= 0.3 is 0 Å². The molecule has 0 spiro atoms. The molecule has 3 aromatic rings. The van der Waals surface area contributed by atoms with Crippen LogP contribution in [-0.2, 0) is 6.54 Å². The van der Waals surface area contributed by atoms with Gasteiger partial charge in [0.1, 0.15) is 5.76 Å². The van der Waals surface area contributed by atoms with E-state index in [0.29, 0.717) is 0 Å². The van der Waals surface area contributed by atoms with Crippen molar-refractivity contribution < 1.29 is 4.42 Å². The lowest BCUT2D eigenvalue weighted by Crippen LogP contribution is -2.15. The first-order valence-electron chi connectivity index (χ1n) is 6.13. The minimum absolute atomic E-state index is 0.785. The zero-order valence-electron chi connectivity index (χ0n) is 10.3. The summed E-state index contributed by atoms with van der Waals surface area (Å²) in [6, 6.07) is 12.2. The average molecular weight is 290 g/mol. The number of furan rings is 1. The molecule has 5 heteroatoms. The molecule has 0 saturated carbocycles. The third-order valence-electron chi connectivity index (χ3n) is 2.66. The molecule has 0 aliphatic heterocycles. The van der Waals surface area contributed by atoms with Crippen LogP contribution >= 0.6 is 23.1 Å². The molecular formula is C14H14N2OS2. The zero-order valence-corrected chi connectivity index (χ0v) is 12.0. The van der Waals surface area contributed by atoms with Crippen LogP contribution in [0.25, 0.3) is 10.2 Å². The molecule has 0 aliphatic rings. The molecule has 0 aliphatic carbocycles. The van der Waals surface area contributed by atoms with Gasteiger partial charge in [0, 0.05) is 12.3 Å². The Balaban J connectivity index is 1.44. The van der Waals surface area contributed by atoms with Crippen LogP contribution in [-0.4, -0.2) is 17.3 Å². The van der Waals surface area contributed by atoms with Crippen LogP contribution in [0.15, 0.2) is 51.4 Å². The number of fused-ring (bicyclic) bond motifs is 1. The monoisotopic (exact) mass is 290 g/mol. The van der Waals surface area contributed by atoms with Crippen molar-refractivity contribution in [1.82, 2.24) is 10.3 Å². The number of nitrogens with zero attached hydrogens (tertiary/aromatic N) is 1. The van der Waals surface area contributed by atoms with Crippen molar-refractivity contribution in [3.8, 4) is 0 Å². The summed E-state index contributed by atoms with van der Waals surface area (Å²) in [5.74, 6) is 1.99. The van der Waals surface area contributed by atoms with E-state index in [4.69, 9.17) is 4.42 Å². The molecule has 0 radical (unpaired) electrons. The van der Waals surface area contributed by atoms with E-state index in [1.165, 1.54) is 4.70 Å². The van der Waals surface area contributed by atoms with Gasteiger partial charge in [-0.2, -0.15) is 0 Å². The Bertz CT molecular complexity index is 601. The number of para-hydroxylation sites is 1. The second kappa shape index (κ2) is 6.23. The Morgan fingerprint density at radius 2 is 2.16 bits per heavy atom. The number of benzene rings is 1. The van der Waals surface area contributed by atoms with Gasteiger partial charge in [-0.15, -0.1) is 11.3 Å². The molecule has 3 nitrogen and oxygen atoms in total. The number of hydrogen-bond donors (Lipinski definition) is 1. The molecule has 2 heterocycles. The molecule has 98 valence electrons. The maximum Gasteiger partial charge on any atom is 0.151 e. The molecule has 1 aromatic carbocycles. The van der Waals surface area contributed by atoms with E-state index in [-0.39, 0.29) is 0 Å². The summed E-state index contributed by atoms with van der Waals surface area (Å²) in [5.41, 5.74) is 1.10. The van der Waals surface area contributed by atoms with Crippen LogP contribution < -0.4 is 5.32 Å². The quantitative estimate of drug-likeness (QED) is 0.554. The van der Waals surface area contributed by atoms with Crippen LogP contribution in [0, 0.1) is 0 Å². The summed E-state index contributed by atoms with van der Waals surface area (Å²) in [5, 5.41) is 3.35. The van der Waals surface area contributed by atoms with Crippen LogP contribution in [0.3, 0.4) is 0 Å². The van der Waals surface area contributed by atoms with E-state index in [1.54, 1.807) is 29.4 Å². The van der Waals surface area contributed by atoms with E-state index >= 15 is 0 Å². The van der Waals surface area contributed by atoms with Gasteiger partial charge in [0.15, 0.2) is 4.34 Å². The van der Waals surface area contributed by atoms with Crippen molar-refractivity contribution in [3.63, 3.8) is 0 Å². The third-order valence-corrected chi connectivity index (χ3v) is 4.84. The van der Waals surface area contributed by atoms with Crippen molar-refractivity contribution in [2.45, 2.75) is 10.9 Å². The van der Waals surface area contributed by atoms with Gasteiger partial charge in [-0.05, 0) is 24.3 Å². The highest BCUT2D eigenvalue weighted by Gasteiger charge is 2.03. The van der Waals surface area contributed by atoms with E-state index in [2.05, 4.69) is 28.5 Å². The largest absolute Gasteiger partial charge is 0.468 e. The highest BCUT2D eigenvalue weighted by molar-refractivity contribution is 8.01. The van der Waals surface area contributed by atoms with E-state index in [9.17, 15) is 0 Å². The lowest BCUT2D eigenvalue weighted by Gasteiger charge is -2.00. The minimum Gasteiger partial charge on any atom is -0.468 e. The Hall–Kier alpha value is -1.30. The van der Waals surface area contributed by atoms with Crippen molar-refractivity contribution in [2.75, 3.05) is 12.3 Å². The van der Waals surface area contributed by atoms with E-state index in [0.717, 1.165) is 34.5 Å². The number of nitrogens with one attached hydrogen (secondary N) is 1. The average Bonchev–Trinajstić information content (AvgIpc) is 3.06. The fourth-order valence-electron chi connectivity index (χ4n) is 1.75. The molecular weight excluding hydrogens is 276 g/mol. The first-order chi connectivity index (χ1) is 9.42. The van der Waals surface area contributed by atoms with Gasteiger partial charge in [0.25, 0.3) is 0 Å². The topological polar surface area (TPSA) is 38.1 Å². The van der Waals surface area contributed by atoms with Gasteiger partial charge in [0.05, 0.1) is 23.0 Å². The van der Waals surface area contributed by atoms with E-state index < -0.39 is 0 Å². The predicted molar refractivity (Wildman–Crippen MR) is 80.8 cm³/mol. The number of thiazole rings is 1.